The Kier molecular flexibility index (Phi) is 2.19. The van der Waals surface area contributed by atoms with Gasteiger partial charge in [0.15, 0.2) is 0 Å². The second-order valence-electron chi connectivity index (χ2n) is 1.86. The van der Waals surface area contributed by atoms with Gasteiger partial charge in [-0.05, 0) is 11.8 Å². The molecule has 50 valence electrons. The highest BCUT2D eigenvalue weighted by Gasteiger charge is 2.08. The highest BCUT2D eigenvalue weighted by molar-refractivity contribution is 6.32. The van der Waals surface area contributed by atoms with Crippen LogP contribution in [0.4, 0.5) is 0 Å². The monoisotopic (exact) mass is 145 g/mol. The molecule has 1 aliphatic rings. The van der Waals surface area contributed by atoms with Crippen LogP contribution >= 0.6 is 11.8 Å². The van der Waals surface area contributed by atoms with Gasteiger partial charge in [-0.2, -0.15) is 0 Å². The molecule has 0 saturated heterocycles. The molecule has 3 nitrogen and oxygen atoms in total. The Labute approximate surface area is 58.9 Å². The van der Waals surface area contributed by atoms with Crippen LogP contribution in [0.3, 0.4) is 0 Å². The zero-order chi connectivity index (χ0) is 6.69. The largest absolute Gasteiger partial charge is 0.307 e. The predicted octanol–water partition coefficient (Wildman–Crippen LogP) is 0.546. The van der Waals surface area contributed by atoms with Crippen LogP contribution in [0, 0.1) is 5.41 Å². The molecular weight excluding hydrogens is 138 g/mol. The second-order valence-corrected chi connectivity index (χ2v) is 2.34. The lowest BCUT2D eigenvalue weighted by atomic mass is 10.3. The first-order chi connectivity index (χ1) is 4.33. The highest BCUT2D eigenvalue weighted by Crippen LogP contribution is 1.98. The van der Waals surface area contributed by atoms with Gasteiger partial charge >= 0.3 is 0 Å². The van der Waals surface area contributed by atoms with Gasteiger partial charge in [0.25, 0.3) is 0 Å². The maximum atomic E-state index is 6.85. The van der Waals surface area contributed by atoms with E-state index in [0.717, 1.165) is 12.3 Å². The van der Waals surface area contributed by atoms with Crippen LogP contribution in [0.1, 0.15) is 0 Å². The highest BCUT2D eigenvalue weighted by atomic mass is 35.5. The molecule has 0 radical (unpaired) electrons. The Morgan fingerprint density at radius 2 is 2.56 bits per heavy atom. The van der Waals surface area contributed by atoms with E-state index in [1.807, 2.05) is 0 Å². The Bertz CT molecular complexity index is 143. The fraction of sp³-hybridized carbons (Fsp3) is 0.600. The van der Waals surface area contributed by atoms with Gasteiger partial charge in [-0.1, -0.05) is 0 Å². The van der Waals surface area contributed by atoms with Crippen LogP contribution in [0.25, 0.3) is 0 Å². The van der Waals surface area contributed by atoms with E-state index < -0.39 is 0 Å². The molecule has 0 fully saturated rings. The molecule has 0 spiro atoms. The van der Waals surface area contributed by atoms with E-state index >= 15 is 0 Å². The molecular formula is C5H8ClN3. The summed E-state index contributed by atoms with van der Waals surface area (Å²) in [5.74, 6) is 0. The van der Waals surface area contributed by atoms with Gasteiger partial charge < -0.3 is 5.41 Å². The number of nitrogens with one attached hydrogen (secondary N) is 1. The van der Waals surface area contributed by atoms with Gasteiger partial charge in [0.1, 0.15) is 0 Å². The summed E-state index contributed by atoms with van der Waals surface area (Å²) >= 11 is 5.64. The van der Waals surface area contributed by atoms with Gasteiger partial charge in [-0.15, -0.1) is 0 Å². The number of halogens is 1. The molecule has 0 aromatic carbocycles. The maximum Gasteiger partial charge on any atom is 0.0678 e. The van der Waals surface area contributed by atoms with Crippen molar-refractivity contribution in [3.63, 3.8) is 0 Å². The summed E-state index contributed by atoms with van der Waals surface area (Å²) in [5, 5.41) is 6.85. The van der Waals surface area contributed by atoms with E-state index in [1.165, 1.54) is 6.21 Å². The average molecular weight is 146 g/mol. The molecule has 1 aliphatic heterocycles. The van der Waals surface area contributed by atoms with Crippen molar-refractivity contribution in [2.75, 3.05) is 19.6 Å². The van der Waals surface area contributed by atoms with E-state index in [1.54, 1.807) is 4.42 Å². The Hall–Kier alpha value is -0.410. The van der Waals surface area contributed by atoms with E-state index in [-0.39, 0.29) is 0 Å². The standard InChI is InChI=1S/C5H8ClN3/c6-9-2-1-8-5(3-7)4-9/h3,7H,1-2,4H2. The first-order valence-electron chi connectivity index (χ1n) is 2.77. The number of hydrogen-bond donors (Lipinski definition) is 1. The van der Waals surface area contributed by atoms with Crippen LogP contribution in [-0.2, 0) is 0 Å². The van der Waals surface area contributed by atoms with Crippen molar-refractivity contribution in [1.82, 2.24) is 4.42 Å². The molecule has 0 aliphatic carbocycles. The van der Waals surface area contributed by atoms with E-state index in [0.29, 0.717) is 13.1 Å². The zero-order valence-corrected chi connectivity index (χ0v) is 5.73. The molecule has 0 unspecified atom stereocenters. The molecule has 0 atom stereocenters. The molecule has 9 heavy (non-hydrogen) atoms. The minimum absolute atomic E-state index is 0.602. The molecule has 1 N–H and O–H groups in total. The molecule has 0 aromatic heterocycles. The lowest BCUT2D eigenvalue weighted by Gasteiger charge is -2.16. The van der Waals surface area contributed by atoms with Crippen molar-refractivity contribution in [1.29, 1.82) is 5.41 Å². The summed E-state index contributed by atoms with van der Waals surface area (Å²) in [6.45, 7) is 2.11. The maximum absolute atomic E-state index is 6.85. The molecule has 0 saturated carbocycles. The number of aliphatic imine (C=N–C) groups is 1. The van der Waals surface area contributed by atoms with Crippen LogP contribution in [-0.4, -0.2) is 36.0 Å². The van der Waals surface area contributed by atoms with Crippen molar-refractivity contribution < 1.29 is 0 Å². The third-order valence-corrected chi connectivity index (χ3v) is 1.45. The summed E-state index contributed by atoms with van der Waals surface area (Å²) in [5.41, 5.74) is 0.760. The molecule has 4 heteroatoms. The summed E-state index contributed by atoms with van der Waals surface area (Å²) in [6.07, 6.45) is 1.24. The van der Waals surface area contributed by atoms with Gasteiger partial charge in [0.05, 0.1) is 18.8 Å². The topological polar surface area (TPSA) is 39.5 Å². The molecule has 1 rings (SSSR count). The molecule has 0 amide bonds. The van der Waals surface area contributed by atoms with Crippen LogP contribution < -0.4 is 0 Å². The van der Waals surface area contributed by atoms with E-state index in [4.69, 9.17) is 17.2 Å². The van der Waals surface area contributed by atoms with E-state index in [9.17, 15) is 0 Å². The van der Waals surface area contributed by atoms with E-state index in [2.05, 4.69) is 4.99 Å². The Morgan fingerprint density at radius 3 is 3.00 bits per heavy atom. The SMILES string of the molecule is N=CC1=NCCN(Cl)C1. The van der Waals surface area contributed by atoms with Crippen molar-refractivity contribution in [3.05, 3.63) is 0 Å². The third-order valence-electron chi connectivity index (χ3n) is 1.16. The second kappa shape index (κ2) is 2.94. The van der Waals surface area contributed by atoms with Crippen molar-refractivity contribution in [2.24, 2.45) is 4.99 Å². The summed E-state index contributed by atoms with van der Waals surface area (Å²) in [4.78, 5) is 4.05. The minimum Gasteiger partial charge on any atom is -0.307 e. The zero-order valence-electron chi connectivity index (χ0n) is 4.97. The van der Waals surface area contributed by atoms with Crippen LogP contribution in [0.2, 0.25) is 0 Å². The Balaban J connectivity index is 2.53. The van der Waals surface area contributed by atoms with Crippen molar-refractivity contribution >= 4 is 23.7 Å². The Morgan fingerprint density at radius 1 is 1.78 bits per heavy atom. The predicted molar refractivity (Wildman–Crippen MR) is 38.5 cm³/mol. The molecule has 1 heterocycles. The van der Waals surface area contributed by atoms with Gasteiger partial charge in [0.2, 0.25) is 0 Å². The minimum atomic E-state index is 0.602. The lowest BCUT2D eigenvalue weighted by molar-refractivity contribution is 0.510. The first-order valence-corrected chi connectivity index (χ1v) is 3.11. The van der Waals surface area contributed by atoms with Crippen molar-refractivity contribution in [3.8, 4) is 0 Å². The molecule has 0 bridgehead atoms. The average Bonchev–Trinajstić information content (AvgIpc) is 1.88. The fourth-order valence-corrected chi connectivity index (χ4v) is 0.896. The first kappa shape index (κ1) is 6.71. The smallest absolute Gasteiger partial charge is 0.0678 e. The van der Waals surface area contributed by atoms with Gasteiger partial charge in [-0.3, -0.25) is 4.99 Å². The quantitative estimate of drug-likeness (QED) is 0.425. The number of nitrogens with zero attached hydrogens (tertiary/aromatic N) is 2. The number of hydrogen-bond acceptors (Lipinski definition) is 3. The summed E-state index contributed by atoms with van der Waals surface area (Å²) in [6, 6.07) is 0. The summed E-state index contributed by atoms with van der Waals surface area (Å²) < 4.78 is 1.63. The fourth-order valence-electron chi connectivity index (χ4n) is 0.698. The molecule has 0 aromatic rings. The lowest BCUT2D eigenvalue weighted by Crippen LogP contribution is -2.29. The normalized spacial score (nSPS) is 21.2. The van der Waals surface area contributed by atoms with Crippen LogP contribution in [0.15, 0.2) is 4.99 Å². The summed E-state index contributed by atoms with van der Waals surface area (Å²) in [7, 11) is 0. The third kappa shape index (κ3) is 1.77. The number of rotatable bonds is 1. The van der Waals surface area contributed by atoms with Gasteiger partial charge in [0, 0.05) is 12.8 Å². The van der Waals surface area contributed by atoms with Crippen LogP contribution in [0.5, 0.6) is 0 Å². The van der Waals surface area contributed by atoms with Crippen molar-refractivity contribution in [2.45, 2.75) is 0 Å². The van der Waals surface area contributed by atoms with Gasteiger partial charge in [-0.25, -0.2) is 4.42 Å².